The van der Waals surface area contributed by atoms with Crippen molar-refractivity contribution in [2.24, 2.45) is 11.7 Å². The molecule has 1 fully saturated rings. The van der Waals surface area contributed by atoms with Crippen molar-refractivity contribution in [3.05, 3.63) is 34.9 Å². The third kappa shape index (κ3) is 4.62. The molecule has 2 heteroatoms. The van der Waals surface area contributed by atoms with Crippen LogP contribution in [0.3, 0.4) is 0 Å². The van der Waals surface area contributed by atoms with Gasteiger partial charge in [-0.05, 0) is 42.9 Å². The highest BCUT2D eigenvalue weighted by Crippen LogP contribution is 2.27. The average molecular weight is 266 g/mol. The molecule has 1 saturated carbocycles. The lowest BCUT2D eigenvalue weighted by atomic mass is 9.85. The minimum absolute atomic E-state index is 0.283. The van der Waals surface area contributed by atoms with Gasteiger partial charge in [0, 0.05) is 11.1 Å². The van der Waals surface area contributed by atoms with E-state index < -0.39 is 0 Å². The van der Waals surface area contributed by atoms with Crippen LogP contribution in [0.2, 0.25) is 5.02 Å². The fourth-order valence-corrected chi connectivity index (χ4v) is 3.21. The second kappa shape index (κ2) is 7.16. The van der Waals surface area contributed by atoms with E-state index in [1.54, 1.807) is 0 Å². The second-order valence-electron chi connectivity index (χ2n) is 5.68. The van der Waals surface area contributed by atoms with Gasteiger partial charge in [0.1, 0.15) is 0 Å². The van der Waals surface area contributed by atoms with E-state index in [0.29, 0.717) is 0 Å². The van der Waals surface area contributed by atoms with Crippen molar-refractivity contribution in [2.75, 3.05) is 0 Å². The minimum atomic E-state index is 0.283. The van der Waals surface area contributed by atoms with Crippen molar-refractivity contribution < 1.29 is 0 Å². The number of hydrogen-bond donors (Lipinski definition) is 1. The monoisotopic (exact) mass is 265 g/mol. The van der Waals surface area contributed by atoms with Gasteiger partial charge in [-0.3, -0.25) is 0 Å². The molecule has 0 amide bonds. The predicted molar refractivity (Wildman–Crippen MR) is 78.9 cm³/mol. The van der Waals surface area contributed by atoms with Crippen LogP contribution in [0, 0.1) is 5.92 Å². The van der Waals surface area contributed by atoms with Gasteiger partial charge < -0.3 is 5.73 Å². The Morgan fingerprint density at radius 2 is 2.00 bits per heavy atom. The first-order chi connectivity index (χ1) is 8.74. The van der Waals surface area contributed by atoms with Crippen LogP contribution in [-0.2, 0) is 6.42 Å². The summed E-state index contributed by atoms with van der Waals surface area (Å²) in [6.07, 6.45) is 10.5. The maximum absolute atomic E-state index is 6.23. The van der Waals surface area contributed by atoms with Gasteiger partial charge >= 0.3 is 0 Å². The van der Waals surface area contributed by atoms with Crippen molar-refractivity contribution in [1.29, 1.82) is 0 Å². The normalized spacial score (nSPS) is 18.8. The van der Waals surface area contributed by atoms with Crippen molar-refractivity contribution >= 4 is 11.6 Å². The molecule has 18 heavy (non-hydrogen) atoms. The van der Waals surface area contributed by atoms with E-state index in [9.17, 15) is 0 Å². The third-order valence-corrected chi connectivity index (χ3v) is 4.29. The molecule has 0 aromatic heterocycles. The summed E-state index contributed by atoms with van der Waals surface area (Å²) in [5.41, 5.74) is 7.49. The lowest BCUT2D eigenvalue weighted by Crippen LogP contribution is -2.24. The lowest BCUT2D eigenvalue weighted by molar-refractivity contribution is 0.323. The summed E-state index contributed by atoms with van der Waals surface area (Å²) < 4.78 is 0. The maximum atomic E-state index is 6.23. The first-order valence-electron chi connectivity index (χ1n) is 7.24. The molecular weight excluding hydrogens is 242 g/mol. The number of benzene rings is 1. The molecule has 100 valence electrons. The molecule has 1 nitrogen and oxygen atoms in total. The lowest BCUT2D eigenvalue weighted by Gasteiger charge is -2.23. The molecule has 1 aliphatic rings. The van der Waals surface area contributed by atoms with Crippen LogP contribution in [-0.4, -0.2) is 6.04 Å². The zero-order valence-corrected chi connectivity index (χ0v) is 11.8. The van der Waals surface area contributed by atoms with Crippen molar-refractivity contribution in [3.63, 3.8) is 0 Å². The standard InChI is InChI=1S/C16H24ClN/c17-15-8-4-7-14(11-15)12-16(18)10-9-13-5-2-1-3-6-13/h4,7-8,11,13,16H,1-3,5-6,9-10,12,18H2. The van der Waals surface area contributed by atoms with Crippen LogP contribution in [0.4, 0.5) is 0 Å². The molecule has 1 aromatic rings. The SMILES string of the molecule is NC(CCC1CCCCC1)Cc1cccc(Cl)c1. The van der Waals surface area contributed by atoms with Gasteiger partial charge in [0.25, 0.3) is 0 Å². The molecule has 1 unspecified atom stereocenters. The Morgan fingerprint density at radius 3 is 2.72 bits per heavy atom. The van der Waals surface area contributed by atoms with E-state index >= 15 is 0 Å². The fraction of sp³-hybridized carbons (Fsp3) is 0.625. The van der Waals surface area contributed by atoms with E-state index in [4.69, 9.17) is 17.3 Å². The van der Waals surface area contributed by atoms with Crippen LogP contribution >= 0.6 is 11.6 Å². The Labute approximate surface area is 116 Å². The van der Waals surface area contributed by atoms with Crippen LogP contribution in [0.5, 0.6) is 0 Å². The summed E-state index contributed by atoms with van der Waals surface area (Å²) in [4.78, 5) is 0. The molecule has 1 atom stereocenters. The van der Waals surface area contributed by atoms with Gasteiger partial charge in [0.15, 0.2) is 0 Å². The Hall–Kier alpha value is -0.530. The van der Waals surface area contributed by atoms with E-state index in [1.807, 2.05) is 18.2 Å². The van der Waals surface area contributed by atoms with Gasteiger partial charge in [-0.1, -0.05) is 55.8 Å². The maximum Gasteiger partial charge on any atom is 0.0408 e. The first kappa shape index (κ1) is 13.9. The van der Waals surface area contributed by atoms with Crippen LogP contribution in [0.15, 0.2) is 24.3 Å². The Kier molecular flexibility index (Phi) is 5.52. The largest absolute Gasteiger partial charge is 0.327 e. The third-order valence-electron chi connectivity index (χ3n) is 4.06. The van der Waals surface area contributed by atoms with Crippen LogP contribution in [0.25, 0.3) is 0 Å². The van der Waals surface area contributed by atoms with Crippen molar-refractivity contribution in [1.82, 2.24) is 0 Å². The highest BCUT2D eigenvalue weighted by atomic mass is 35.5. The zero-order valence-electron chi connectivity index (χ0n) is 11.1. The highest BCUT2D eigenvalue weighted by Gasteiger charge is 2.14. The highest BCUT2D eigenvalue weighted by molar-refractivity contribution is 6.30. The quantitative estimate of drug-likeness (QED) is 0.829. The molecule has 0 aliphatic heterocycles. The Morgan fingerprint density at radius 1 is 1.22 bits per heavy atom. The van der Waals surface area contributed by atoms with Gasteiger partial charge in [0.2, 0.25) is 0 Å². The summed E-state index contributed by atoms with van der Waals surface area (Å²) in [6, 6.07) is 8.35. The fourth-order valence-electron chi connectivity index (χ4n) is 2.99. The number of halogens is 1. The summed E-state index contributed by atoms with van der Waals surface area (Å²) in [5, 5.41) is 0.812. The summed E-state index contributed by atoms with van der Waals surface area (Å²) >= 11 is 5.99. The minimum Gasteiger partial charge on any atom is -0.327 e. The summed E-state index contributed by atoms with van der Waals surface area (Å²) in [6.45, 7) is 0. The average Bonchev–Trinajstić information content (AvgIpc) is 2.38. The molecule has 1 aromatic carbocycles. The molecule has 0 bridgehead atoms. The summed E-state index contributed by atoms with van der Waals surface area (Å²) in [7, 11) is 0. The van der Waals surface area contributed by atoms with E-state index in [1.165, 1.54) is 44.1 Å². The molecule has 2 rings (SSSR count). The second-order valence-corrected chi connectivity index (χ2v) is 6.11. The Bertz CT molecular complexity index is 358. The van der Waals surface area contributed by atoms with Crippen molar-refractivity contribution in [2.45, 2.75) is 57.4 Å². The van der Waals surface area contributed by atoms with E-state index in [2.05, 4.69) is 6.07 Å². The van der Waals surface area contributed by atoms with Gasteiger partial charge in [0.05, 0.1) is 0 Å². The molecule has 0 saturated heterocycles. The summed E-state index contributed by atoms with van der Waals surface area (Å²) in [5.74, 6) is 0.934. The number of nitrogens with two attached hydrogens (primary N) is 1. The van der Waals surface area contributed by atoms with E-state index in [0.717, 1.165) is 23.8 Å². The van der Waals surface area contributed by atoms with Crippen LogP contribution in [0.1, 0.15) is 50.5 Å². The topological polar surface area (TPSA) is 26.0 Å². The molecule has 0 heterocycles. The Balaban J connectivity index is 1.72. The first-order valence-corrected chi connectivity index (χ1v) is 7.62. The number of hydrogen-bond acceptors (Lipinski definition) is 1. The molecule has 1 aliphatic carbocycles. The van der Waals surface area contributed by atoms with Gasteiger partial charge in [-0.15, -0.1) is 0 Å². The molecule has 0 radical (unpaired) electrons. The smallest absolute Gasteiger partial charge is 0.0408 e. The van der Waals surface area contributed by atoms with E-state index in [-0.39, 0.29) is 6.04 Å². The molecule has 2 N–H and O–H groups in total. The van der Waals surface area contributed by atoms with Crippen molar-refractivity contribution in [3.8, 4) is 0 Å². The predicted octanol–water partition coefficient (Wildman–Crippen LogP) is 4.57. The zero-order chi connectivity index (χ0) is 12.8. The van der Waals surface area contributed by atoms with Gasteiger partial charge in [-0.2, -0.15) is 0 Å². The molecule has 0 spiro atoms. The van der Waals surface area contributed by atoms with Crippen LogP contribution < -0.4 is 5.73 Å². The molecular formula is C16H24ClN. The van der Waals surface area contributed by atoms with Gasteiger partial charge in [-0.25, -0.2) is 0 Å². The number of rotatable bonds is 5.